The van der Waals surface area contributed by atoms with Crippen molar-refractivity contribution in [2.24, 2.45) is 5.92 Å². The first-order valence-corrected chi connectivity index (χ1v) is 3.47. The summed E-state index contributed by atoms with van der Waals surface area (Å²) in [5, 5.41) is 8.78. The molecule has 0 aromatic carbocycles. The molecule has 0 aliphatic carbocycles. The van der Waals surface area contributed by atoms with Gasteiger partial charge >= 0.3 is 0 Å². The molecule has 0 bridgehead atoms. The second-order valence-electron chi connectivity index (χ2n) is 2.80. The van der Waals surface area contributed by atoms with Crippen LogP contribution in [0.5, 0.6) is 0 Å². The van der Waals surface area contributed by atoms with Gasteiger partial charge in [0.25, 0.3) is 0 Å². The lowest BCUT2D eigenvalue weighted by molar-refractivity contribution is 0.243. The van der Waals surface area contributed by atoms with Crippen LogP contribution in [0.25, 0.3) is 0 Å². The topological polar surface area (TPSA) is 20.2 Å². The van der Waals surface area contributed by atoms with Crippen LogP contribution in [-0.4, -0.2) is 11.2 Å². The molecular formula is C8H16O. The van der Waals surface area contributed by atoms with Crippen LogP contribution in [-0.2, 0) is 0 Å². The van der Waals surface area contributed by atoms with Crippen molar-refractivity contribution in [3.8, 4) is 0 Å². The van der Waals surface area contributed by atoms with Gasteiger partial charge in [-0.25, -0.2) is 0 Å². The normalized spacial score (nSPS) is 15.2. The molecule has 0 aromatic heterocycles. The molecule has 1 heteroatoms. The molecule has 1 atom stereocenters. The van der Waals surface area contributed by atoms with E-state index in [1.54, 1.807) is 6.92 Å². The summed E-state index contributed by atoms with van der Waals surface area (Å²) < 4.78 is 0. The average Bonchev–Trinajstić information content (AvgIpc) is 1.63. The van der Waals surface area contributed by atoms with Crippen LogP contribution in [0.3, 0.4) is 0 Å². The summed E-state index contributed by atoms with van der Waals surface area (Å²) in [5.74, 6) is 0.694. The fourth-order valence-corrected chi connectivity index (χ4v) is 0.548. The number of hydrogen-bond donors (Lipinski definition) is 1. The first-order chi connectivity index (χ1) is 4.13. The van der Waals surface area contributed by atoms with Crippen LogP contribution < -0.4 is 0 Å². The molecule has 0 saturated carbocycles. The fraction of sp³-hybridized carbons (Fsp3) is 0.750. The van der Waals surface area contributed by atoms with E-state index in [-0.39, 0.29) is 6.10 Å². The molecule has 1 nitrogen and oxygen atoms in total. The van der Waals surface area contributed by atoms with E-state index in [1.165, 1.54) is 0 Å². The van der Waals surface area contributed by atoms with Crippen LogP contribution in [0.2, 0.25) is 0 Å². The Hall–Kier alpha value is -0.300. The molecule has 9 heavy (non-hydrogen) atoms. The maximum atomic E-state index is 8.78. The van der Waals surface area contributed by atoms with E-state index in [2.05, 4.69) is 13.8 Å². The van der Waals surface area contributed by atoms with E-state index in [0.717, 1.165) is 6.42 Å². The molecular weight excluding hydrogens is 112 g/mol. The van der Waals surface area contributed by atoms with Crippen molar-refractivity contribution in [1.29, 1.82) is 0 Å². The summed E-state index contributed by atoms with van der Waals surface area (Å²) >= 11 is 0. The Bertz CT molecular complexity index is 82.6. The van der Waals surface area contributed by atoms with Crippen LogP contribution >= 0.6 is 0 Å². The van der Waals surface area contributed by atoms with Crippen molar-refractivity contribution in [2.75, 3.05) is 0 Å². The largest absolute Gasteiger partial charge is 0.389 e. The molecule has 0 spiro atoms. The predicted octanol–water partition coefficient (Wildman–Crippen LogP) is 1.97. The second kappa shape index (κ2) is 4.57. The summed E-state index contributed by atoms with van der Waals surface area (Å²) in [6, 6.07) is 0. The van der Waals surface area contributed by atoms with Crippen molar-refractivity contribution in [1.82, 2.24) is 0 Å². The first kappa shape index (κ1) is 8.70. The third-order valence-corrected chi connectivity index (χ3v) is 1.02. The zero-order chi connectivity index (χ0) is 7.28. The van der Waals surface area contributed by atoms with Gasteiger partial charge in [-0.3, -0.25) is 0 Å². The predicted molar refractivity (Wildman–Crippen MR) is 40.3 cm³/mol. The molecule has 54 valence electrons. The standard InChI is InChI=1S/C8H16O/c1-7(2)5-4-6-8(3)9/h4,6-9H,5H2,1-3H3. The Morgan fingerprint density at radius 3 is 2.22 bits per heavy atom. The second-order valence-corrected chi connectivity index (χ2v) is 2.80. The molecule has 0 saturated heterocycles. The Morgan fingerprint density at radius 1 is 1.33 bits per heavy atom. The summed E-state index contributed by atoms with van der Waals surface area (Å²) in [4.78, 5) is 0. The molecule has 0 fully saturated rings. The summed E-state index contributed by atoms with van der Waals surface area (Å²) in [7, 11) is 0. The highest BCUT2D eigenvalue weighted by Crippen LogP contribution is 2.00. The zero-order valence-electron chi connectivity index (χ0n) is 6.46. The summed E-state index contributed by atoms with van der Waals surface area (Å²) in [5.41, 5.74) is 0. The Kier molecular flexibility index (Phi) is 4.41. The quantitative estimate of drug-likeness (QED) is 0.576. The first-order valence-electron chi connectivity index (χ1n) is 3.47. The van der Waals surface area contributed by atoms with Crippen LogP contribution in [0.1, 0.15) is 27.2 Å². The minimum Gasteiger partial charge on any atom is -0.389 e. The van der Waals surface area contributed by atoms with E-state index < -0.39 is 0 Å². The van der Waals surface area contributed by atoms with Crippen molar-refractivity contribution in [3.63, 3.8) is 0 Å². The third kappa shape index (κ3) is 7.70. The minimum absolute atomic E-state index is 0.288. The molecule has 0 radical (unpaired) electrons. The fourth-order valence-electron chi connectivity index (χ4n) is 0.548. The van der Waals surface area contributed by atoms with Crippen LogP contribution in [0.15, 0.2) is 12.2 Å². The van der Waals surface area contributed by atoms with E-state index in [4.69, 9.17) is 5.11 Å². The molecule has 0 rings (SSSR count). The van der Waals surface area contributed by atoms with E-state index in [1.807, 2.05) is 12.2 Å². The molecule has 0 aromatic rings. The lowest BCUT2D eigenvalue weighted by Gasteiger charge is -1.97. The van der Waals surface area contributed by atoms with Gasteiger partial charge in [0.1, 0.15) is 0 Å². The lowest BCUT2D eigenvalue weighted by atomic mass is 10.1. The molecule has 0 heterocycles. The average molecular weight is 128 g/mol. The van der Waals surface area contributed by atoms with Gasteiger partial charge in [-0.2, -0.15) is 0 Å². The summed E-state index contributed by atoms with van der Waals surface area (Å²) in [6.45, 7) is 6.08. The van der Waals surface area contributed by atoms with E-state index in [0.29, 0.717) is 5.92 Å². The maximum absolute atomic E-state index is 8.78. The summed E-state index contributed by atoms with van der Waals surface area (Å²) in [6.07, 6.45) is 4.61. The number of hydrogen-bond acceptors (Lipinski definition) is 1. The Labute approximate surface area is 57.4 Å². The van der Waals surface area contributed by atoms with Crippen LogP contribution in [0.4, 0.5) is 0 Å². The maximum Gasteiger partial charge on any atom is 0.0692 e. The molecule has 0 aliphatic heterocycles. The van der Waals surface area contributed by atoms with E-state index in [9.17, 15) is 0 Å². The van der Waals surface area contributed by atoms with E-state index >= 15 is 0 Å². The molecule has 1 unspecified atom stereocenters. The van der Waals surface area contributed by atoms with Gasteiger partial charge in [0.05, 0.1) is 6.10 Å². The zero-order valence-corrected chi connectivity index (χ0v) is 6.46. The number of allylic oxidation sites excluding steroid dienone is 1. The lowest BCUT2D eigenvalue weighted by Crippen LogP contribution is -1.92. The third-order valence-electron chi connectivity index (χ3n) is 1.02. The van der Waals surface area contributed by atoms with Gasteiger partial charge in [0.2, 0.25) is 0 Å². The smallest absolute Gasteiger partial charge is 0.0692 e. The molecule has 1 N–H and O–H groups in total. The van der Waals surface area contributed by atoms with Gasteiger partial charge < -0.3 is 5.11 Å². The van der Waals surface area contributed by atoms with Gasteiger partial charge in [-0.05, 0) is 19.3 Å². The Balaban J connectivity index is 3.25. The SMILES string of the molecule is CC(O)C=CCC(C)C. The monoisotopic (exact) mass is 128 g/mol. The van der Waals surface area contributed by atoms with Gasteiger partial charge in [-0.1, -0.05) is 26.0 Å². The number of aliphatic hydroxyl groups excluding tert-OH is 1. The van der Waals surface area contributed by atoms with Crippen molar-refractivity contribution in [3.05, 3.63) is 12.2 Å². The van der Waals surface area contributed by atoms with Crippen molar-refractivity contribution >= 4 is 0 Å². The van der Waals surface area contributed by atoms with Crippen LogP contribution in [0, 0.1) is 5.92 Å². The van der Waals surface area contributed by atoms with Gasteiger partial charge in [0.15, 0.2) is 0 Å². The van der Waals surface area contributed by atoms with Gasteiger partial charge in [0, 0.05) is 0 Å². The minimum atomic E-state index is -0.288. The highest BCUT2D eigenvalue weighted by Gasteiger charge is 1.88. The highest BCUT2D eigenvalue weighted by molar-refractivity contribution is 4.86. The highest BCUT2D eigenvalue weighted by atomic mass is 16.3. The Morgan fingerprint density at radius 2 is 1.89 bits per heavy atom. The van der Waals surface area contributed by atoms with Crippen molar-refractivity contribution in [2.45, 2.75) is 33.3 Å². The number of aliphatic hydroxyl groups is 1. The number of rotatable bonds is 3. The van der Waals surface area contributed by atoms with Gasteiger partial charge in [-0.15, -0.1) is 0 Å². The molecule has 0 aliphatic rings. The van der Waals surface area contributed by atoms with Crippen molar-refractivity contribution < 1.29 is 5.11 Å². The molecule has 0 amide bonds.